The molecule has 0 aromatic heterocycles. The zero-order valence-electron chi connectivity index (χ0n) is 9.58. The number of hydrogen-bond donors (Lipinski definition) is 1. The highest BCUT2D eigenvalue weighted by Crippen LogP contribution is 2.42. The average Bonchev–Trinajstić information content (AvgIpc) is 2.13. The van der Waals surface area contributed by atoms with Gasteiger partial charge in [-0.3, -0.25) is 0 Å². The van der Waals surface area contributed by atoms with Crippen LogP contribution in [0.4, 0.5) is 32.0 Å². The molecule has 1 rings (SSSR count). The largest absolute Gasteiger partial charge is 0.418 e. The minimum atomic E-state index is -4.83. The second-order valence-electron chi connectivity index (χ2n) is 4.02. The summed E-state index contributed by atoms with van der Waals surface area (Å²) in [6, 6.07) is 1.45. The van der Waals surface area contributed by atoms with Crippen molar-refractivity contribution in [2.45, 2.75) is 32.2 Å². The third kappa shape index (κ3) is 3.30. The van der Waals surface area contributed by atoms with Crippen molar-refractivity contribution in [3.8, 4) is 0 Å². The quantitative estimate of drug-likeness (QED) is 0.778. The number of rotatable bonds is 2. The fraction of sp³-hybridized carbons (Fsp3) is 0.455. The maximum Gasteiger partial charge on any atom is 0.418 e. The first-order chi connectivity index (χ1) is 8.03. The Morgan fingerprint density at radius 2 is 1.28 bits per heavy atom. The van der Waals surface area contributed by atoms with Crippen molar-refractivity contribution < 1.29 is 26.3 Å². The molecule has 0 fully saturated rings. The van der Waals surface area contributed by atoms with Gasteiger partial charge in [-0.25, -0.2) is 0 Å². The summed E-state index contributed by atoms with van der Waals surface area (Å²) in [5.74, 6) is 0. The minimum absolute atomic E-state index is 0.547. The molecular formula is C11H11F6N. The van der Waals surface area contributed by atoms with Crippen LogP contribution in [0.1, 0.15) is 25.0 Å². The number of hydrogen-bond acceptors (Lipinski definition) is 1. The lowest BCUT2D eigenvalue weighted by Crippen LogP contribution is -2.20. The second-order valence-corrected chi connectivity index (χ2v) is 4.02. The van der Waals surface area contributed by atoms with Gasteiger partial charge in [0.2, 0.25) is 0 Å². The zero-order chi connectivity index (χ0) is 14.1. The van der Waals surface area contributed by atoms with Gasteiger partial charge in [0.25, 0.3) is 0 Å². The van der Waals surface area contributed by atoms with Crippen LogP contribution in [0, 0.1) is 0 Å². The summed E-state index contributed by atoms with van der Waals surface area (Å²) in [5, 5.41) is 2.22. The molecule has 102 valence electrons. The summed E-state index contributed by atoms with van der Waals surface area (Å²) >= 11 is 0. The van der Waals surface area contributed by atoms with Crippen LogP contribution in [0.2, 0.25) is 0 Å². The van der Waals surface area contributed by atoms with Gasteiger partial charge < -0.3 is 5.32 Å². The molecule has 0 bridgehead atoms. The van der Waals surface area contributed by atoms with Crippen molar-refractivity contribution >= 4 is 5.69 Å². The van der Waals surface area contributed by atoms with Crippen molar-refractivity contribution in [2.24, 2.45) is 0 Å². The Bertz CT molecular complexity index is 386. The van der Waals surface area contributed by atoms with Gasteiger partial charge in [-0.2, -0.15) is 26.3 Å². The van der Waals surface area contributed by atoms with Crippen LogP contribution in [-0.2, 0) is 12.4 Å². The Morgan fingerprint density at radius 3 is 1.56 bits per heavy atom. The molecule has 1 nitrogen and oxygen atoms in total. The van der Waals surface area contributed by atoms with Crippen molar-refractivity contribution in [1.82, 2.24) is 0 Å². The summed E-state index contributed by atoms with van der Waals surface area (Å²) in [5.41, 5.74) is -3.55. The summed E-state index contributed by atoms with van der Waals surface area (Å²) in [6.07, 6.45) is -9.67. The predicted octanol–water partition coefficient (Wildman–Crippen LogP) is 4.54. The van der Waals surface area contributed by atoms with Gasteiger partial charge in [-0.1, -0.05) is 6.07 Å². The van der Waals surface area contributed by atoms with E-state index >= 15 is 0 Å². The number of nitrogens with one attached hydrogen (secondary N) is 1. The third-order valence-electron chi connectivity index (χ3n) is 2.11. The van der Waals surface area contributed by atoms with Gasteiger partial charge in [-0.05, 0) is 26.0 Å². The van der Waals surface area contributed by atoms with Gasteiger partial charge in [0.05, 0.1) is 16.8 Å². The van der Waals surface area contributed by atoms with Crippen LogP contribution in [0.5, 0.6) is 0 Å². The van der Waals surface area contributed by atoms with E-state index < -0.39 is 35.2 Å². The van der Waals surface area contributed by atoms with E-state index in [1.165, 1.54) is 13.8 Å². The smallest absolute Gasteiger partial charge is 0.382 e. The van der Waals surface area contributed by atoms with Crippen molar-refractivity contribution in [1.29, 1.82) is 0 Å². The molecule has 0 saturated heterocycles. The first kappa shape index (κ1) is 14.7. The Hall–Kier alpha value is -1.40. The first-order valence-corrected chi connectivity index (χ1v) is 5.07. The molecule has 0 aliphatic heterocycles. The van der Waals surface area contributed by atoms with Gasteiger partial charge in [0, 0.05) is 6.04 Å². The Labute approximate surface area is 99.8 Å². The Morgan fingerprint density at radius 1 is 0.889 bits per heavy atom. The molecular weight excluding hydrogens is 260 g/mol. The van der Waals surface area contributed by atoms with E-state index in [1.807, 2.05) is 0 Å². The lowest BCUT2D eigenvalue weighted by Gasteiger charge is -2.21. The highest BCUT2D eigenvalue weighted by Gasteiger charge is 2.40. The molecule has 0 radical (unpaired) electrons. The molecule has 0 atom stereocenters. The first-order valence-electron chi connectivity index (χ1n) is 5.07. The fourth-order valence-corrected chi connectivity index (χ4v) is 1.47. The van der Waals surface area contributed by atoms with Gasteiger partial charge in [0.1, 0.15) is 0 Å². The molecule has 1 aromatic rings. The maximum atomic E-state index is 12.7. The van der Waals surface area contributed by atoms with Gasteiger partial charge in [0.15, 0.2) is 0 Å². The SMILES string of the molecule is CC(C)Nc1c(C(F)(F)F)cccc1C(F)(F)F. The summed E-state index contributed by atoms with van der Waals surface area (Å²) < 4.78 is 76.0. The van der Waals surface area contributed by atoms with E-state index in [0.29, 0.717) is 12.1 Å². The third-order valence-corrected chi connectivity index (χ3v) is 2.11. The highest BCUT2D eigenvalue weighted by molar-refractivity contribution is 5.60. The second kappa shape index (κ2) is 4.70. The summed E-state index contributed by atoms with van der Waals surface area (Å²) in [4.78, 5) is 0. The normalized spacial score (nSPS) is 12.9. The molecule has 0 aliphatic rings. The predicted molar refractivity (Wildman–Crippen MR) is 55.2 cm³/mol. The zero-order valence-corrected chi connectivity index (χ0v) is 9.58. The fourth-order valence-electron chi connectivity index (χ4n) is 1.47. The molecule has 1 N–H and O–H groups in total. The summed E-state index contributed by atoms with van der Waals surface area (Å²) in [6.45, 7) is 2.93. The molecule has 0 aliphatic carbocycles. The van der Waals surface area contributed by atoms with Crippen LogP contribution < -0.4 is 5.32 Å². The highest BCUT2D eigenvalue weighted by atomic mass is 19.4. The van der Waals surface area contributed by atoms with Crippen LogP contribution in [0.25, 0.3) is 0 Å². The van der Waals surface area contributed by atoms with Crippen LogP contribution in [0.15, 0.2) is 18.2 Å². The molecule has 18 heavy (non-hydrogen) atoms. The van der Waals surface area contributed by atoms with Crippen molar-refractivity contribution in [2.75, 3.05) is 5.32 Å². The van der Waals surface area contributed by atoms with E-state index in [2.05, 4.69) is 5.32 Å². The number of anilines is 1. The topological polar surface area (TPSA) is 12.0 Å². The number of para-hydroxylation sites is 1. The molecule has 0 spiro atoms. The van der Waals surface area contributed by atoms with Crippen molar-refractivity contribution in [3.05, 3.63) is 29.3 Å². The lowest BCUT2D eigenvalue weighted by atomic mass is 10.1. The molecule has 1 aromatic carbocycles. The lowest BCUT2D eigenvalue weighted by molar-refractivity contribution is -0.141. The maximum absolute atomic E-state index is 12.7. The molecule has 0 amide bonds. The number of halogens is 6. The standard InChI is InChI=1S/C11H11F6N/c1-6(2)18-9-7(10(12,13)14)4-3-5-8(9)11(15,16)17/h3-6,18H,1-2H3. The molecule has 0 heterocycles. The van der Waals surface area contributed by atoms with Crippen LogP contribution in [-0.4, -0.2) is 6.04 Å². The van der Waals surface area contributed by atoms with E-state index in [9.17, 15) is 26.3 Å². The van der Waals surface area contributed by atoms with E-state index in [4.69, 9.17) is 0 Å². The van der Waals surface area contributed by atoms with Crippen LogP contribution >= 0.6 is 0 Å². The number of alkyl halides is 6. The van der Waals surface area contributed by atoms with E-state index in [1.54, 1.807) is 0 Å². The molecule has 0 unspecified atom stereocenters. The Kier molecular flexibility index (Phi) is 3.83. The molecule has 7 heteroatoms. The number of benzene rings is 1. The monoisotopic (exact) mass is 271 g/mol. The van der Waals surface area contributed by atoms with Crippen molar-refractivity contribution in [3.63, 3.8) is 0 Å². The van der Waals surface area contributed by atoms with E-state index in [0.717, 1.165) is 6.07 Å². The van der Waals surface area contributed by atoms with Gasteiger partial charge in [-0.15, -0.1) is 0 Å². The van der Waals surface area contributed by atoms with Gasteiger partial charge >= 0.3 is 12.4 Å². The average molecular weight is 271 g/mol. The Balaban J connectivity index is 3.45. The summed E-state index contributed by atoms with van der Waals surface area (Å²) in [7, 11) is 0. The minimum Gasteiger partial charge on any atom is -0.382 e. The van der Waals surface area contributed by atoms with Crippen LogP contribution in [0.3, 0.4) is 0 Å². The molecule has 0 saturated carbocycles. The van der Waals surface area contributed by atoms with E-state index in [-0.39, 0.29) is 0 Å².